The first kappa shape index (κ1) is 21.1. The van der Waals surface area contributed by atoms with Gasteiger partial charge in [0.15, 0.2) is 0 Å². The van der Waals surface area contributed by atoms with E-state index < -0.39 is 23.5 Å². The topological polar surface area (TPSA) is 58.6 Å². The summed E-state index contributed by atoms with van der Waals surface area (Å²) in [7, 11) is 0. The number of aromatic nitrogens is 2. The Bertz CT molecular complexity index is 1010. The van der Waals surface area contributed by atoms with E-state index in [2.05, 4.69) is 14.9 Å². The van der Waals surface area contributed by atoms with Crippen molar-refractivity contribution in [2.75, 3.05) is 26.2 Å². The Morgan fingerprint density at radius 3 is 2.59 bits per heavy atom. The number of benzene rings is 1. The quantitative estimate of drug-likeness (QED) is 0.668. The van der Waals surface area contributed by atoms with Crippen LogP contribution in [0.4, 0.5) is 17.6 Å². The number of piperazine rings is 1. The van der Waals surface area contributed by atoms with E-state index in [1.807, 2.05) is 0 Å². The van der Waals surface area contributed by atoms with Crippen LogP contribution >= 0.6 is 0 Å². The number of halogens is 4. The maximum Gasteiger partial charge on any atom is 0.419 e. The zero-order chi connectivity index (χ0) is 22.5. The van der Waals surface area contributed by atoms with Gasteiger partial charge in [0, 0.05) is 50.1 Å². The fourth-order valence-electron chi connectivity index (χ4n) is 4.47. The van der Waals surface area contributed by atoms with Gasteiger partial charge in [0.2, 0.25) is 5.88 Å². The maximum absolute atomic E-state index is 13.6. The Morgan fingerprint density at radius 2 is 1.91 bits per heavy atom. The summed E-state index contributed by atoms with van der Waals surface area (Å²) in [6.45, 7) is 2.05. The minimum Gasteiger partial charge on any atom is -0.472 e. The minimum atomic E-state index is -4.85. The Kier molecular flexibility index (Phi) is 5.27. The Morgan fingerprint density at radius 1 is 1.09 bits per heavy atom. The average Bonchev–Trinajstić information content (AvgIpc) is 3.53. The van der Waals surface area contributed by atoms with Crippen LogP contribution in [0.2, 0.25) is 0 Å². The molecule has 1 aromatic carbocycles. The van der Waals surface area contributed by atoms with Crippen LogP contribution in [0.5, 0.6) is 5.88 Å². The average molecular weight is 450 g/mol. The fraction of sp³-hybridized carbons (Fsp3) is 0.500. The number of fused-ring (bicyclic) bond motifs is 1. The molecule has 1 aromatic heterocycles. The highest BCUT2D eigenvalue weighted by atomic mass is 19.4. The van der Waals surface area contributed by atoms with Gasteiger partial charge in [0.25, 0.3) is 5.91 Å². The number of amides is 1. The summed E-state index contributed by atoms with van der Waals surface area (Å²) in [5, 5.41) is 0. The number of carbonyl (C=O) groups is 1. The first-order chi connectivity index (χ1) is 15.3. The highest BCUT2D eigenvalue weighted by Gasteiger charge is 2.40. The van der Waals surface area contributed by atoms with Crippen LogP contribution in [0.25, 0.3) is 0 Å². The second kappa shape index (κ2) is 7.99. The number of hydrogen-bond donors (Lipinski definition) is 0. The Labute approximate surface area is 182 Å². The summed E-state index contributed by atoms with van der Waals surface area (Å²) in [4.78, 5) is 25.3. The lowest BCUT2D eigenvalue weighted by Crippen LogP contribution is -2.52. The second-order valence-electron chi connectivity index (χ2n) is 8.62. The fourth-order valence-corrected chi connectivity index (χ4v) is 4.47. The van der Waals surface area contributed by atoms with Crippen molar-refractivity contribution in [3.05, 3.63) is 53.2 Å². The third-order valence-corrected chi connectivity index (χ3v) is 6.31. The van der Waals surface area contributed by atoms with Crippen LogP contribution in [-0.2, 0) is 6.18 Å². The maximum atomic E-state index is 13.6. The third kappa shape index (κ3) is 4.28. The first-order valence-electron chi connectivity index (χ1n) is 10.7. The summed E-state index contributed by atoms with van der Waals surface area (Å²) in [6.07, 6.45) is 1.43. The highest BCUT2D eigenvalue weighted by molar-refractivity contribution is 5.94. The van der Waals surface area contributed by atoms with Crippen LogP contribution < -0.4 is 4.74 Å². The van der Waals surface area contributed by atoms with Gasteiger partial charge in [-0.3, -0.25) is 14.7 Å². The molecule has 10 heteroatoms. The van der Waals surface area contributed by atoms with Crippen molar-refractivity contribution in [2.24, 2.45) is 0 Å². The molecule has 0 radical (unpaired) electrons. The predicted octanol–water partition coefficient (Wildman–Crippen LogP) is 3.49. The van der Waals surface area contributed by atoms with E-state index in [-0.39, 0.29) is 17.7 Å². The number of alkyl halides is 3. The van der Waals surface area contributed by atoms with E-state index in [0.717, 1.165) is 24.6 Å². The lowest BCUT2D eigenvalue weighted by molar-refractivity contribution is -0.140. The molecule has 2 aliphatic heterocycles. The van der Waals surface area contributed by atoms with E-state index in [0.29, 0.717) is 56.5 Å². The van der Waals surface area contributed by atoms with Gasteiger partial charge in [-0.15, -0.1) is 0 Å². The summed E-state index contributed by atoms with van der Waals surface area (Å²) < 4.78 is 58.5. The third-order valence-electron chi connectivity index (χ3n) is 6.31. The molecule has 1 aliphatic carbocycles. The molecule has 0 unspecified atom stereocenters. The molecule has 170 valence electrons. The molecule has 2 atom stereocenters. The van der Waals surface area contributed by atoms with Gasteiger partial charge < -0.3 is 9.64 Å². The van der Waals surface area contributed by atoms with Crippen molar-refractivity contribution in [3.63, 3.8) is 0 Å². The van der Waals surface area contributed by atoms with Gasteiger partial charge in [-0.25, -0.2) is 9.37 Å². The molecule has 0 bridgehead atoms. The van der Waals surface area contributed by atoms with Crippen molar-refractivity contribution in [1.29, 1.82) is 0 Å². The zero-order valence-corrected chi connectivity index (χ0v) is 17.2. The van der Waals surface area contributed by atoms with Gasteiger partial charge in [0.1, 0.15) is 11.9 Å². The first-order valence-corrected chi connectivity index (χ1v) is 10.7. The number of hydrogen-bond acceptors (Lipinski definition) is 5. The molecule has 2 saturated heterocycles. The second-order valence-corrected chi connectivity index (χ2v) is 8.62. The largest absolute Gasteiger partial charge is 0.472 e. The molecule has 6 nitrogen and oxygen atoms in total. The van der Waals surface area contributed by atoms with Crippen LogP contribution in [0.3, 0.4) is 0 Å². The number of nitrogens with zero attached hydrogens (tertiary/aromatic N) is 4. The van der Waals surface area contributed by atoms with E-state index in [4.69, 9.17) is 4.74 Å². The molecule has 32 heavy (non-hydrogen) atoms. The number of rotatable bonds is 4. The Hall–Kier alpha value is -2.75. The SMILES string of the molecule is O=C(c1ccc(F)c(C(F)(F)F)c1)N1CCN2C[C@H](Oc3cnc(C4CC4)cn3)C[C@H]2C1. The monoisotopic (exact) mass is 450 g/mol. The molecule has 5 rings (SSSR count). The lowest BCUT2D eigenvalue weighted by Gasteiger charge is -2.37. The van der Waals surface area contributed by atoms with Crippen molar-refractivity contribution < 1.29 is 27.1 Å². The molecule has 3 heterocycles. The highest BCUT2D eigenvalue weighted by Crippen LogP contribution is 2.38. The van der Waals surface area contributed by atoms with Crippen molar-refractivity contribution in [3.8, 4) is 5.88 Å². The smallest absolute Gasteiger partial charge is 0.419 e. The van der Waals surface area contributed by atoms with E-state index in [1.165, 1.54) is 4.90 Å². The Balaban J connectivity index is 1.21. The van der Waals surface area contributed by atoms with E-state index >= 15 is 0 Å². The van der Waals surface area contributed by atoms with Gasteiger partial charge in [-0.1, -0.05) is 0 Å². The minimum absolute atomic E-state index is 0.0407. The number of ether oxygens (including phenoxy) is 1. The molecule has 0 spiro atoms. The van der Waals surface area contributed by atoms with E-state index in [1.54, 1.807) is 12.4 Å². The molecular formula is C22H22F4N4O2. The van der Waals surface area contributed by atoms with E-state index in [9.17, 15) is 22.4 Å². The molecule has 1 saturated carbocycles. The lowest BCUT2D eigenvalue weighted by atomic mass is 10.1. The predicted molar refractivity (Wildman–Crippen MR) is 106 cm³/mol. The van der Waals surface area contributed by atoms with Crippen LogP contribution in [-0.4, -0.2) is 64.0 Å². The zero-order valence-electron chi connectivity index (χ0n) is 17.2. The van der Waals surface area contributed by atoms with Crippen LogP contribution in [0.1, 0.15) is 46.8 Å². The molecule has 1 amide bonds. The van der Waals surface area contributed by atoms with Gasteiger partial charge in [0.05, 0.1) is 23.7 Å². The molecule has 0 N–H and O–H groups in total. The number of carbonyl (C=O) groups excluding carboxylic acids is 1. The summed E-state index contributed by atoms with van der Waals surface area (Å²) in [6, 6.07) is 2.43. The normalized spacial score (nSPS) is 23.8. The molecule has 3 aliphatic rings. The van der Waals surface area contributed by atoms with Crippen molar-refractivity contribution >= 4 is 5.91 Å². The van der Waals surface area contributed by atoms with Gasteiger partial charge in [-0.2, -0.15) is 13.2 Å². The van der Waals surface area contributed by atoms with Gasteiger partial charge >= 0.3 is 6.18 Å². The summed E-state index contributed by atoms with van der Waals surface area (Å²) in [5.41, 5.74) is -0.598. The van der Waals surface area contributed by atoms with Crippen molar-refractivity contribution in [2.45, 2.75) is 43.5 Å². The standard InChI is InChI=1S/C22H22F4N4O2/c23-18-4-3-14(7-17(18)22(24,25)26)21(31)30-6-5-29-12-16(8-15(29)11-30)32-20-10-27-19(9-28-20)13-1-2-13/h3-4,7,9-10,13,15-16H,1-2,5-6,8,11-12H2/t15-,16+/m0/s1. The molecular weight excluding hydrogens is 428 g/mol. The van der Waals surface area contributed by atoms with Crippen LogP contribution in [0, 0.1) is 5.82 Å². The van der Waals surface area contributed by atoms with Gasteiger partial charge in [-0.05, 0) is 31.0 Å². The van der Waals surface area contributed by atoms with Crippen molar-refractivity contribution in [1.82, 2.24) is 19.8 Å². The summed E-state index contributed by atoms with van der Waals surface area (Å²) in [5.74, 6) is -0.920. The van der Waals surface area contributed by atoms with Crippen LogP contribution in [0.15, 0.2) is 30.6 Å². The molecule has 2 aromatic rings. The molecule has 3 fully saturated rings. The summed E-state index contributed by atoms with van der Waals surface area (Å²) >= 11 is 0.